The third kappa shape index (κ3) is 2.71. The average molecular weight is 296 g/mol. The van der Waals surface area contributed by atoms with Crippen molar-refractivity contribution in [2.75, 3.05) is 12.4 Å². The number of H-pyrrole nitrogens is 2. The van der Waals surface area contributed by atoms with E-state index in [2.05, 4.69) is 20.5 Å². The van der Waals surface area contributed by atoms with Crippen molar-refractivity contribution in [3.05, 3.63) is 54.0 Å². The molecule has 1 amide bonds. The highest BCUT2D eigenvalue weighted by molar-refractivity contribution is 6.03. The molecule has 0 aliphatic rings. The summed E-state index contributed by atoms with van der Waals surface area (Å²) in [5.74, 6) is 0.523. The zero-order chi connectivity index (χ0) is 15.5. The van der Waals surface area contributed by atoms with Gasteiger partial charge in [-0.2, -0.15) is 5.10 Å². The number of methoxy groups -OCH3 is 1. The van der Waals surface area contributed by atoms with Crippen LogP contribution in [0.5, 0.6) is 5.75 Å². The summed E-state index contributed by atoms with van der Waals surface area (Å²) in [6, 6.07) is 9.10. The van der Waals surface area contributed by atoms with Gasteiger partial charge in [-0.3, -0.25) is 9.89 Å². The Kier molecular flexibility index (Phi) is 3.65. The first-order valence-electron chi connectivity index (χ1n) is 6.82. The van der Waals surface area contributed by atoms with Gasteiger partial charge in [0, 0.05) is 23.6 Å². The summed E-state index contributed by atoms with van der Waals surface area (Å²) in [7, 11) is 1.61. The number of anilines is 1. The minimum Gasteiger partial charge on any atom is -0.497 e. The van der Waals surface area contributed by atoms with Gasteiger partial charge in [-0.05, 0) is 42.8 Å². The minimum atomic E-state index is -0.234. The second-order valence-corrected chi connectivity index (χ2v) is 4.90. The second-order valence-electron chi connectivity index (χ2n) is 4.90. The molecule has 0 saturated carbocycles. The molecule has 6 nitrogen and oxygen atoms in total. The number of hydrogen-bond acceptors (Lipinski definition) is 3. The Morgan fingerprint density at radius 1 is 1.27 bits per heavy atom. The fourth-order valence-electron chi connectivity index (χ4n) is 2.16. The van der Waals surface area contributed by atoms with Crippen molar-refractivity contribution in [1.29, 1.82) is 0 Å². The van der Waals surface area contributed by atoms with E-state index in [-0.39, 0.29) is 5.91 Å². The number of amides is 1. The highest BCUT2D eigenvalue weighted by atomic mass is 16.5. The first-order chi connectivity index (χ1) is 10.7. The van der Waals surface area contributed by atoms with Crippen LogP contribution >= 0.6 is 0 Å². The second kappa shape index (κ2) is 5.77. The average Bonchev–Trinajstić information content (AvgIpc) is 3.19. The predicted molar refractivity (Wildman–Crippen MR) is 84.1 cm³/mol. The maximum absolute atomic E-state index is 12.3. The van der Waals surface area contributed by atoms with Crippen molar-refractivity contribution >= 4 is 11.6 Å². The number of benzene rings is 1. The van der Waals surface area contributed by atoms with Crippen LogP contribution in [0, 0.1) is 6.92 Å². The summed E-state index contributed by atoms with van der Waals surface area (Å²) in [6.07, 6.45) is 3.63. The van der Waals surface area contributed by atoms with Gasteiger partial charge in [0.05, 0.1) is 12.8 Å². The number of hydrogen-bond donors (Lipinski definition) is 3. The highest BCUT2D eigenvalue weighted by Gasteiger charge is 2.12. The van der Waals surface area contributed by atoms with Crippen molar-refractivity contribution in [1.82, 2.24) is 15.2 Å². The topological polar surface area (TPSA) is 82.8 Å². The van der Waals surface area contributed by atoms with E-state index < -0.39 is 0 Å². The van der Waals surface area contributed by atoms with Crippen molar-refractivity contribution in [3.63, 3.8) is 0 Å². The molecule has 0 bridgehead atoms. The van der Waals surface area contributed by atoms with Crippen LogP contribution in [0.3, 0.4) is 0 Å². The maximum Gasteiger partial charge on any atom is 0.273 e. The number of carbonyl (C=O) groups excluding carboxylic acids is 1. The van der Waals surface area contributed by atoms with Gasteiger partial charge in [-0.25, -0.2) is 0 Å². The third-order valence-electron chi connectivity index (χ3n) is 3.40. The summed E-state index contributed by atoms with van der Waals surface area (Å²) in [5.41, 5.74) is 3.72. The molecule has 3 N–H and O–H groups in total. The first kappa shape index (κ1) is 13.9. The summed E-state index contributed by atoms with van der Waals surface area (Å²) in [5, 5.41) is 9.76. The number of carbonyl (C=O) groups is 1. The largest absolute Gasteiger partial charge is 0.497 e. The maximum atomic E-state index is 12.3. The lowest BCUT2D eigenvalue weighted by atomic mass is 10.2. The Hall–Kier alpha value is -3.02. The number of aryl methyl sites for hydroxylation is 1. The van der Waals surface area contributed by atoms with Gasteiger partial charge in [-0.1, -0.05) is 0 Å². The molecule has 0 radical (unpaired) electrons. The summed E-state index contributed by atoms with van der Waals surface area (Å²) in [6.45, 7) is 1.91. The zero-order valence-electron chi connectivity index (χ0n) is 12.3. The fraction of sp³-hybridized carbons (Fsp3) is 0.125. The molecule has 1 aromatic carbocycles. The number of rotatable bonds is 4. The quantitative estimate of drug-likeness (QED) is 0.692. The number of aromatic amines is 2. The number of aromatic nitrogens is 3. The van der Waals surface area contributed by atoms with Gasteiger partial charge in [0.15, 0.2) is 0 Å². The highest BCUT2D eigenvalue weighted by Crippen LogP contribution is 2.22. The monoisotopic (exact) mass is 296 g/mol. The van der Waals surface area contributed by atoms with E-state index in [1.165, 1.54) is 0 Å². The van der Waals surface area contributed by atoms with Crippen molar-refractivity contribution in [2.45, 2.75) is 6.92 Å². The molecule has 6 heteroatoms. The molecule has 0 saturated heterocycles. The van der Waals surface area contributed by atoms with Crippen LogP contribution in [-0.2, 0) is 0 Å². The lowest BCUT2D eigenvalue weighted by Crippen LogP contribution is -2.13. The normalized spacial score (nSPS) is 10.5. The molecule has 3 rings (SSSR count). The summed E-state index contributed by atoms with van der Waals surface area (Å²) in [4.78, 5) is 15.2. The Morgan fingerprint density at radius 2 is 2.14 bits per heavy atom. The predicted octanol–water partition coefficient (Wildman–Crippen LogP) is 2.97. The first-order valence-corrected chi connectivity index (χ1v) is 6.82. The van der Waals surface area contributed by atoms with E-state index in [0.29, 0.717) is 5.69 Å². The van der Waals surface area contributed by atoms with Crippen LogP contribution in [0.4, 0.5) is 5.69 Å². The van der Waals surface area contributed by atoms with Gasteiger partial charge in [0.1, 0.15) is 11.4 Å². The van der Waals surface area contributed by atoms with Crippen LogP contribution < -0.4 is 10.1 Å². The molecule has 0 aliphatic heterocycles. The molecular formula is C16H16N4O2. The molecule has 2 aromatic heterocycles. The van der Waals surface area contributed by atoms with Gasteiger partial charge in [0.2, 0.25) is 0 Å². The van der Waals surface area contributed by atoms with E-state index in [1.54, 1.807) is 19.2 Å². The van der Waals surface area contributed by atoms with Crippen LogP contribution in [0.1, 0.15) is 16.1 Å². The van der Waals surface area contributed by atoms with E-state index >= 15 is 0 Å². The molecule has 0 atom stereocenters. The van der Waals surface area contributed by atoms with Crippen LogP contribution in [0.25, 0.3) is 11.3 Å². The summed E-state index contributed by atoms with van der Waals surface area (Å²) >= 11 is 0. The summed E-state index contributed by atoms with van der Waals surface area (Å²) < 4.78 is 5.15. The van der Waals surface area contributed by atoms with Crippen molar-refractivity contribution < 1.29 is 9.53 Å². The molecule has 2 heterocycles. The molecule has 0 fully saturated rings. The molecule has 0 aliphatic carbocycles. The van der Waals surface area contributed by atoms with Gasteiger partial charge in [0.25, 0.3) is 5.91 Å². The Morgan fingerprint density at radius 3 is 2.82 bits per heavy atom. The van der Waals surface area contributed by atoms with E-state index in [4.69, 9.17) is 4.74 Å². The van der Waals surface area contributed by atoms with E-state index in [9.17, 15) is 4.79 Å². The smallest absolute Gasteiger partial charge is 0.273 e. The van der Waals surface area contributed by atoms with Crippen molar-refractivity contribution in [3.8, 4) is 17.0 Å². The van der Waals surface area contributed by atoms with Crippen LogP contribution in [-0.4, -0.2) is 28.2 Å². The molecule has 22 heavy (non-hydrogen) atoms. The van der Waals surface area contributed by atoms with Crippen LogP contribution in [0.2, 0.25) is 0 Å². The molecule has 0 unspecified atom stereocenters. The van der Waals surface area contributed by atoms with E-state index in [1.807, 2.05) is 37.5 Å². The molecule has 0 spiro atoms. The van der Waals surface area contributed by atoms with Gasteiger partial charge >= 0.3 is 0 Å². The standard InChI is InChI=1S/C16H16N4O2/c1-10-7-12(22-2)3-4-13(10)18-16(21)15-8-14(19-20-15)11-5-6-17-9-11/h3-9,17H,1-2H3,(H,18,21)(H,19,20). The fourth-order valence-corrected chi connectivity index (χ4v) is 2.16. The van der Waals surface area contributed by atoms with Gasteiger partial charge in [-0.15, -0.1) is 0 Å². The lowest BCUT2D eigenvalue weighted by Gasteiger charge is -2.08. The van der Waals surface area contributed by atoms with Gasteiger partial charge < -0.3 is 15.0 Å². The minimum absolute atomic E-state index is 0.234. The molecule has 112 valence electrons. The Labute approximate surface area is 127 Å². The van der Waals surface area contributed by atoms with Crippen LogP contribution in [0.15, 0.2) is 42.7 Å². The number of nitrogens with zero attached hydrogens (tertiary/aromatic N) is 1. The lowest BCUT2D eigenvalue weighted by molar-refractivity contribution is 0.102. The SMILES string of the molecule is COc1ccc(NC(=O)c2cc(-c3cc[nH]c3)n[nH]2)c(C)c1. The number of nitrogens with one attached hydrogen (secondary N) is 3. The molecular weight excluding hydrogens is 280 g/mol. The third-order valence-corrected chi connectivity index (χ3v) is 3.40. The molecule has 3 aromatic rings. The Bertz CT molecular complexity index is 790. The zero-order valence-corrected chi connectivity index (χ0v) is 12.3. The van der Waals surface area contributed by atoms with Crippen molar-refractivity contribution in [2.24, 2.45) is 0 Å². The number of ether oxygens (including phenoxy) is 1. The van der Waals surface area contributed by atoms with E-state index in [0.717, 1.165) is 28.3 Å². The Balaban J connectivity index is 1.77.